The number of rotatable bonds is 8. The van der Waals surface area contributed by atoms with Crippen molar-refractivity contribution in [1.82, 2.24) is 20.2 Å². The van der Waals surface area contributed by atoms with Crippen molar-refractivity contribution in [3.63, 3.8) is 0 Å². The molecule has 24 heavy (non-hydrogen) atoms. The Morgan fingerprint density at radius 1 is 1.25 bits per heavy atom. The first-order valence-electron chi connectivity index (χ1n) is 8.10. The first kappa shape index (κ1) is 17.9. The Kier molecular flexibility index (Phi) is 6.69. The van der Waals surface area contributed by atoms with E-state index in [0.29, 0.717) is 24.7 Å². The maximum Gasteiger partial charge on any atom is 0.270 e. The highest BCUT2D eigenvalue weighted by atomic mass is 16.1. The fourth-order valence-electron chi connectivity index (χ4n) is 2.26. The number of aryl methyl sites for hydroxylation is 1. The second kappa shape index (κ2) is 8.98. The van der Waals surface area contributed by atoms with E-state index in [1.165, 1.54) is 5.56 Å². The van der Waals surface area contributed by atoms with Gasteiger partial charge in [-0.05, 0) is 45.6 Å². The number of aromatic nitrogens is 2. The van der Waals surface area contributed by atoms with Crippen LogP contribution in [0.2, 0.25) is 0 Å². The average molecular weight is 327 g/mol. The highest BCUT2D eigenvalue weighted by molar-refractivity contribution is 5.92. The molecule has 6 nitrogen and oxygen atoms in total. The van der Waals surface area contributed by atoms with Gasteiger partial charge in [-0.25, -0.2) is 9.97 Å². The van der Waals surface area contributed by atoms with Crippen molar-refractivity contribution in [3.8, 4) is 0 Å². The number of amides is 1. The fraction of sp³-hybridized carbons (Fsp3) is 0.389. The van der Waals surface area contributed by atoms with Gasteiger partial charge in [0.1, 0.15) is 5.69 Å². The van der Waals surface area contributed by atoms with Gasteiger partial charge in [-0.15, -0.1) is 0 Å². The number of hydrogen-bond acceptors (Lipinski definition) is 5. The zero-order chi connectivity index (χ0) is 17.4. The van der Waals surface area contributed by atoms with Crippen LogP contribution in [0.5, 0.6) is 0 Å². The SMILES string of the molecule is Cc1cccc(CNc2nccc(C(=O)NCCCN(C)C)n2)c1. The summed E-state index contributed by atoms with van der Waals surface area (Å²) in [7, 11) is 4.02. The molecule has 0 atom stereocenters. The molecule has 1 amide bonds. The van der Waals surface area contributed by atoms with Crippen molar-refractivity contribution in [1.29, 1.82) is 0 Å². The lowest BCUT2D eigenvalue weighted by molar-refractivity contribution is 0.0947. The van der Waals surface area contributed by atoms with Crippen LogP contribution in [-0.4, -0.2) is 48.0 Å². The van der Waals surface area contributed by atoms with Gasteiger partial charge in [-0.1, -0.05) is 29.8 Å². The maximum absolute atomic E-state index is 12.1. The van der Waals surface area contributed by atoms with Gasteiger partial charge in [0.2, 0.25) is 5.95 Å². The molecule has 2 rings (SSSR count). The van der Waals surface area contributed by atoms with Crippen LogP contribution in [0.15, 0.2) is 36.5 Å². The van der Waals surface area contributed by atoms with E-state index < -0.39 is 0 Å². The van der Waals surface area contributed by atoms with E-state index in [0.717, 1.165) is 18.5 Å². The lowest BCUT2D eigenvalue weighted by Crippen LogP contribution is -2.28. The minimum atomic E-state index is -0.172. The molecule has 0 aliphatic carbocycles. The molecule has 0 unspecified atom stereocenters. The summed E-state index contributed by atoms with van der Waals surface area (Å²) in [5.41, 5.74) is 2.74. The maximum atomic E-state index is 12.1. The number of carbonyl (C=O) groups is 1. The summed E-state index contributed by atoms with van der Waals surface area (Å²) in [5.74, 6) is 0.284. The van der Waals surface area contributed by atoms with E-state index in [2.05, 4.69) is 44.6 Å². The summed E-state index contributed by atoms with van der Waals surface area (Å²) >= 11 is 0. The van der Waals surface area contributed by atoms with Crippen LogP contribution in [0.3, 0.4) is 0 Å². The van der Waals surface area contributed by atoms with Crippen LogP contribution in [0.25, 0.3) is 0 Å². The molecule has 0 bridgehead atoms. The van der Waals surface area contributed by atoms with Crippen molar-refractivity contribution in [2.75, 3.05) is 32.5 Å². The fourth-order valence-corrected chi connectivity index (χ4v) is 2.26. The number of nitrogens with zero attached hydrogens (tertiary/aromatic N) is 3. The predicted molar refractivity (Wildman–Crippen MR) is 96.0 cm³/mol. The molecular formula is C18H25N5O. The molecule has 2 aromatic rings. The van der Waals surface area contributed by atoms with E-state index in [9.17, 15) is 4.79 Å². The lowest BCUT2D eigenvalue weighted by Gasteiger charge is -2.10. The lowest BCUT2D eigenvalue weighted by atomic mass is 10.1. The summed E-state index contributed by atoms with van der Waals surface area (Å²) in [5, 5.41) is 6.04. The molecule has 1 aromatic heterocycles. The normalized spacial score (nSPS) is 10.7. The topological polar surface area (TPSA) is 70.2 Å². The largest absolute Gasteiger partial charge is 0.351 e. The molecule has 0 aliphatic heterocycles. The van der Waals surface area contributed by atoms with E-state index in [1.54, 1.807) is 12.3 Å². The molecule has 1 heterocycles. The highest BCUT2D eigenvalue weighted by Gasteiger charge is 2.08. The Morgan fingerprint density at radius 2 is 2.08 bits per heavy atom. The summed E-state index contributed by atoms with van der Waals surface area (Å²) in [4.78, 5) is 22.7. The summed E-state index contributed by atoms with van der Waals surface area (Å²) in [6, 6.07) is 9.85. The van der Waals surface area contributed by atoms with E-state index in [-0.39, 0.29) is 5.91 Å². The Hall–Kier alpha value is -2.47. The van der Waals surface area contributed by atoms with Crippen LogP contribution in [0.4, 0.5) is 5.95 Å². The minimum absolute atomic E-state index is 0.172. The molecular weight excluding hydrogens is 302 g/mol. The zero-order valence-corrected chi connectivity index (χ0v) is 14.5. The van der Waals surface area contributed by atoms with Crippen molar-refractivity contribution in [2.24, 2.45) is 0 Å². The molecule has 2 N–H and O–H groups in total. The van der Waals surface area contributed by atoms with Gasteiger partial charge in [0.05, 0.1) is 0 Å². The van der Waals surface area contributed by atoms with Gasteiger partial charge in [-0.2, -0.15) is 0 Å². The molecule has 6 heteroatoms. The van der Waals surface area contributed by atoms with Gasteiger partial charge in [0.25, 0.3) is 5.91 Å². The van der Waals surface area contributed by atoms with Gasteiger partial charge in [0.15, 0.2) is 0 Å². The third-order valence-electron chi connectivity index (χ3n) is 3.49. The highest BCUT2D eigenvalue weighted by Crippen LogP contribution is 2.07. The van der Waals surface area contributed by atoms with Gasteiger partial charge in [-0.3, -0.25) is 4.79 Å². The van der Waals surface area contributed by atoms with Crippen LogP contribution in [0.1, 0.15) is 28.0 Å². The monoisotopic (exact) mass is 327 g/mol. The summed E-state index contributed by atoms with van der Waals surface area (Å²) in [6.07, 6.45) is 2.50. The molecule has 0 radical (unpaired) electrons. The molecule has 0 saturated heterocycles. The van der Waals surface area contributed by atoms with Gasteiger partial charge in [0, 0.05) is 19.3 Å². The first-order valence-corrected chi connectivity index (χ1v) is 8.10. The number of hydrogen-bond donors (Lipinski definition) is 2. The molecule has 0 fully saturated rings. The Morgan fingerprint density at radius 3 is 2.83 bits per heavy atom. The van der Waals surface area contributed by atoms with E-state index >= 15 is 0 Å². The number of anilines is 1. The zero-order valence-electron chi connectivity index (χ0n) is 14.5. The minimum Gasteiger partial charge on any atom is -0.351 e. The van der Waals surface area contributed by atoms with Gasteiger partial charge >= 0.3 is 0 Å². The van der Waals surface area contributed by atoms with Crippen LogP contribution < -0.4 is 10.6 Å². The standard InChI is InChI=1S/C18H25N5O/c1-14-6-4-7-15(12-14)13-21-18-20-10-8-16(22-18)17(24)19-9-5-11-23(2)3/h4,6-8,10,12H,5,9,11,13H2,1-3H3,(H,19,24)(H,20,21,22). The first-order chi connectivity index (χ1) is 11.5. The van der Waals surface area contributed by atoms with Crippen LogP contribution >= 0.6 is 0 Å². The molecule has 128 valence electrons. The number of carbonyl (C=O) groups excluding carboxylic acids is 1. The summed E-state index contributed by atoms with van der Waals surface area (Å²) < 4.78 is 0. The van der Waals surface area contributed by atoms with Crippen molar-refractivity contribution in [2.45, 2.75) is 19.9 Å². The third kappa shape index (κ3) is 5.96. The quantitative estimate of drug-likeness (QED) is 0.727. The van der Waals surface area contributed by atoms with Crippen molar-refractivity contribution >= 4 is 11.9 Å². The molecule has 0 saturated carbocycles. The van der Waals surface area contributed by atoms with Crippen LogP contribution in [-0.2, 0) is 6.54 Å². The van der Waals surface area contributed by atoms with Crippen LogP contribution in [0, 0.1) is 6.92 Å². The Labute approximate surface area is 143 Å². The Balaban J connectivity index is 1.87. The number of benzene rings is 1. The van der Waals surface area contributed by atoms with Gasteiger partial charge < -0.3 is 15.5 Å². The third-order valence-corrected chi connectivity index (χ3v) is 3.49. The predicted octanol–water partition coefficient (Wildman–Crippen LogP) is 2.08. The van der Waals surface area contributed by atoms with E-state index in [1.807, 2.05) is 26.2 Å². The molecule has 1 aromatic carbocycles. The number of nitrogens with one attached hydrogen (secondary N) is 2. The Bertz CT molecular complexity index is 672. The van der Waals surface area contributed by atoms with E-state index in [4.69, 9.17) is 0 Å². The average Bonchev–Trinajstić information content (AvgIpc) is 2.57. The second-order valence-corrected chi connectivity index (χ2v) is 6.02. The summed E-state index contributed by atoms with van der Waals surface area (Å²) in [6.45, 7) is 4.25. The van der Waals surface area contributed by atoms with Crippen molar-refractivity contribution < 1.29 is 4.79 Å². The molecule has 0 spiro atoms. The smallest absolute Gasteiger partial charge is 0.270 e. The van der Waals surface area contributed by atoms with Crippen molar-refractivity contribution in [3.05, 3.63) is 53.3 Å². The molecule has 0 aliphatic rings. The second-order valence-electron chi connectivity index (χ2n) is 6.02.